The molecule has 36 heavy (non-hydrogen) atoms. The average Bonchev–Trinajstić information content (AvgIpc) is 3.56. The van der Waals surface area contributed by atoms with E-state index in [1.54, 1.807) is 18.2 Å². The third-order valence-electron chi connectivity index (χ3n) is 5.84. The maximum atomic E-state index is 14.6. The van der Waals surface area contributed by atoms with Crippen molar-refractivity contribution in [3.8, 4) is 28.7 Å². The summed E-state index contributed by atoms with van der Waals surface area (Å²) in [7, 11) is 2.02. The van der Waals surface area contributed by atoms with Gasteiger partial charge in [0, 0.05) is 37.4 Å². The zero-order valence-corrected chi connectivity index (χ0v) is 19.8. The van der Waals surface area contributed by atoms with Crippen LogP contribution < -0.4 is 5.32 Å². The summed E-state index contributed by atoms with van der Waals surface area (Å²) in [5.41, 5.74) is 3.97. The quantitative estimate of drug-likeness (QED) is 0.370. The van der Waals surface area contributed by atoms with E-state index in [2.05, 4.69) is 30.7 Å². The van der Waals surface area contributed by atoms with Crippen molar-refractivity contribution in [1.29, 1.82) is 0 Å². The lowest BCUT2D eigenvalue weighted by atomic mass is 10.1. The Hall–Kier alpha value is -4.15. The first-order valence-corrected chi connectivity index (χ1v) is 11.7. The summed E-state index contributed by atoms with van der Waals surface area (Å²) in [4.78, 5) is 6.73. The molecule has 0 fully saturated rings. The van der Waals surface area contributed by atoms with Crippen LogP contribution in [0.25, 0.3) is 34.2 Å². The first-order valence-electron chi connectivity index (χ1n) is 11.7. The third kappa shape index (κ3) is 4.95. The van der Waals surface area contributed by atoms with Crippen molar-refractivity contribution in [3.05, 3.63) is 84.0 Å². The summed E-state index contributed by atoms with van der Waals surface area (Å²) in [5, 5.41) is 24.8. The smallest absolute Gasteiger partial charge is 0.281 e. The van der Waals surface area contributed by atoms with Crippen molar-refractivity contribution >= 4 is 5.57 Å². The minimum Gasteiger partial charge on any atom is -0.396 e. The van der Waals surface area contributed by atoms with Gasteiger partial charge in [-0.2, -0.15) is 4.98 Å². The van der Waals surface area contributed by atoms with Crippen LogP contribution in [0.2, 0.25) is 0 Å². The second-order valence-electron chi connectivity index (χ2n) is 8.49. The Bertz CT molecular complexity index is 1390. The van der Waals surface area contributed by atoms with E-state index >= 15 is 0 Å². The van der Waals surface area contributed by atoms with Gasteiger partial charge in [0.05, 0.1) is 0 Å². The second kappa shape index (κ2) is 10.6. The number of aliphatic hydroxyl groups excluding tert-OH is 1. The van der Waals surface area contributed by atoms with E-state index in [0.29, 0.717) is 23.8 Å². The normalized spacial score (nSPS) is 13.2. The van der Waals surface area contributed by atoms with Crippen molar-refractivity contribution in [3.63, 3.8) is 0 Å². The largest absolute Gasteiger partial charge is 0.396 e. The van der Waals surface area contributed by atoms with Crippen molar-refractivity contribution < 1.29 is 14.0 Å². The van der Waals surface area contributed by atoms with E-state index in [9.17, 15) is 4.39 Å². The molecule has 5 rings (SSSR count). The van der Waals surface area contributed by atoms with Crippen LogP contribution in [0.15, 0.2) is 71.4 Å². The van der Waals surface area contributed by atoms with Crippen molar-refractivity contribution in [2.24, 2.45) is 0 Å². The fraction of sp³-hybridized carbons (Fsp3) is 0.231. The number of hydrogen-bond acceptors (Lipinski definition) is 8. The second-order valence-corrected chi connectivity index (χ2v) is 8.49. The Balaban J connectivity index is 1.45. The van der Waals surface area contributed by atoms with Crippen LogP contribution >= 0.6 is 0 Å². The molecule has 4 aromatic rings. The molecule has 0 amide bonds. The van der Waals surface area contributed by atoms with Gasteiger partial charge in [-0.25, -0.2) is 9.07 Å². The first kappa shape index (κ1) is 23.6. The number of nitrogens with one attached hydrogen (secondary N) is 1. The molecule has 2 aromatic carbocycles. The van der Waals surface area contributed by atoms with Gasteiger partial charge < -0.3 is 19.8 Å². The molecule has 0 spiro atoms. The molecule has 0 bridgehead atoms. The highest BCUT2D eigenvalue weighted by Gasteiger charge is 2.25. The molecule has 0 unspecified atom stereocenters. The molecule has 9 nitrogen and oxygen atoms in total. The van der Waals surface area contributed by atoms with Gasteiger partial charge in [0.15, 0.2) is 5.69 Å². The zero-order valence-electron chi connectivity index (χ0n) is 19.8. The molecule has 0 aliphatic carbocycles. The molecule has 3 heterocycles. The molecule has 2 aromatic heterocycles. The highest BCUT2D eigenvalue weighted by atomic mass is 19.1. The molecule has 0 radical (unpaired) electrons. The Morgan fingerprint density at radius 3 is 2.75 bits per heavy atom. The van der Waals surface area contributed by atoms with E-state index in [1.165, 1.54) is 10.7 Å². The zero-order chi connectivity index (χ0) is 24.9. The van der Waals surface area contributed by atoms with Gasteiger partial charge in [0.1, 0.15) is 17.2 Å². The molecule has 10 heteroatoms. The minimum absolute atomic E-state index is 0.184. The van der Waals surface area contributed by atoms with E-state index in [0.717, 1.165) is 36.2 Å². The maximum absolute atomic E-state index is 14.6. The lowest BCUT2D eigenvalue weighted by Crippen LogP contribution is -2.19. The monoisotopic (exact) mass is 487 g/mol. The van der Waals surface area contributed by atoms with Crippen molar-refractivity contribution in [2.75, 3.05) is 26.7 Å². The summed E-state index contributed by atoms with van der Waals surface area (Å²) in [6.45, 7) is 2.40. The Labute approximate surface area is 207 Å². The topological polar surface area (TPSA) is 105 Å². The average molecular weight is 488 g/mol. The molecule has 1 aliphatic heterocycles. The number of nitrogens with zero attached hydrogens (tertiary/aromatic N) is 6. The summed E-state index contributed by atoms with van der Waals surface area (Å²) in [6, 6.07) is 14.3. The van der Waals surface area contributed by atoms with Crippen LogP contribution in [0.1, 0.15) is 17.7 Å². The Morgan fingerprint density at radius 1 is 1.17 bits per heavy atom. The summed E-state index contributed by atoms with van der Waals surface area (Å²) in [6.07, 6.45) is 6.40. The lowest BCUT2D eigenvalue weighted by Gasteiger charge is -2.15. The molecule has 1 aliphatic rings. The number of benzene rings is 2. The van der Waals surface area contributed by atoms with Gasteiger partial charge in [-0.15, -0.1) is 5.10 Å². The lowest BCUT2D eigenvalue weighted by molar-refractivity contribution is 0.244. The number of halogens is 1. The van der Waals surface area contributed by atoms with E-state index in [1.807, 2.05) is 49.7 Å². The number of aliphatic hydroxyl groups is 1. The van der Waals surface area contributed by atoms with Gasteiger partial charge in [-0.3, -0.25) is 0 Å². The molecule has 2 N–H and O–H groups in total. The predicted molar refractivity (Wildman–Crippen MR) is 133 cm³/mol. The standard InChI is InChI=1S/C26H26FN7O2/c1-33(15-4-16-35)17-18-7-9-20(10-8-18)25-29-26(36-31-25)23-24(19-11-13-28-14-12-19)34(32-30-23)22-6-3-2-5-21(22)27/h2-3,5-13,28,35H,4,14-17H2,1H3. The molecule has 0 atom stereocenters. The Morgan fingerprint density at radius 2 is 2.00 bits per heavy atom. The van der Waals surface area contributed by atoms with Crippen LogP contribution in [-0.4, -0.2) is 61.9 Å². The van der Waals surface area contributed by atoms with Crippen LogP contribution in [0, 0.1) is 5.82 Å². The number of rotatable bonds is 9. The molecular formula is C26H26FN7O2. The number of allylic oxidation sites excluding steroid dienone is 2. The highest BCUT2D eigenvalue weighted by Crippen LogP contribution is 2.31. The van der Waals surface area contributed by atoms with Gasteiger partial charge >= 0.3 is 0 Å². The first-order chi connectivity index (χ1) is 17.6. The highest BCUT2D eigenvalue weighted by molar-refractivity contribution is 5.81. The Kier molecular flexibility index (Phi) is 6.96. The van der Waals surface area contributed by atoms with E-state index in [-0.39, 0.29) is 18.2 Å². The number of hydrogen-bond donors (Lipinski definition) is 2. The van der Waals surface area contributed by atoms with Crippen LogP contribution in [0.4, 0.5) is 4.39 Å². The van der Waals surface area contributed by atoms with Gasteiger partial charge in [-0.05, 0) is 43.4 Å². The number of dihydropyridines is 1. The van der Waals surface area contributed by atoms with Crippen LogP contribution in [0.3, 0.4) is 0 Å². The molecule has 0 saturated carbocycles. The molecule has 184 valence electrons. The van der Waals surface area contributed by atoms with Gasteiger partial charge in [0.25, 0.3) is 5.89 Å². The van der Waals surface area contributed by atoms with Crippen LogP contribution in [-0.2, 0) is 6.54 Å². The van der Waals surface area contributed by atoms with Crippen molar-refractivity contribution in [1.82, 2.24) is 35.4 Å². The third-order valence-corrected chi connectivity index (χ3v) is 5.84. The molecule has 0 saturated heterocycles. The fourth-order valence-corrected chi connectivity index (χ4v) is 4.03. The number of para-hydroxylation sites is 1. The summed E-state index contributed by atoms with van der Waals surface area (Å²) in [5.74, 6) is 0.205. The van der Waals surface area contributed by atoms with E-state index < -0.39 is 5.82 Å². The van der Waals surface area contributed by atoms with Gasteiger partial charge in [-0.1, -0.05) is 52.8 Å². The summed E-state index contributed by atoms with van der Waals surface area (Å²) >= 11 is 0. The summed E-state index contributed by atoms with van der Waals surface area (Å²) < 4.78 is 21.7. The van der Waals surface area contributed by atoms with Gasteiger partial charge in [0.2, 0.25) is 5.82 Å². The maximum Gasteiger partial charge on any atom is 0.281 e. The minimum atomic E-state index is -0.415. The molecular weight excluding hydrogens is 461 g/mol. The van der Waals surface area contributed by atoms with Crippen molar-refractivity contribution in [2.45, 2.75) is 13.0 Å². The van der Waals surface area contributed by atoms with Crippen LogP contribution in [0.5, 0.6) is 0 Å². The van der Waals surface area contributed by atoms with E-state index in [4.69, 9.17) is 9.63 Å². The fourth-order valence-electron chi connectivity index (χ4n) is 4.03. The predicted octanol–water partition coefficient (Wildman–Crippen LogP) is 3.44. The SMILES string of the molecule is CN(CCCO)Cc1ccc(-c2noc(-c3nnn(-c4ccccc4F)c3C3=CCNC=C3)n2)cc1. The number of aromatic nitrogens is 5.